The van der Waals surface area contributed by atoms with E-state index in [0.29, 0.717) is 25.9 Å². The van der Waals surface area contributed by atoms with Gasteiger partial charge < -0.3 is 15.0 Å². The largest absolute Gasteiger partial charge is 0.483 e. The molecule has 0 saturated carbocycles. The van der Waals surface area contributed by atoms with Crippen LogP contribution in [0.1, 0.15) is 36.0 Å². The van der Waals surface area contributed by atoms with Crippen molar-refractivity contribution in [3.63, 3.8) is 0 Å². The average molecular weight is 343 g/mol. The van der Waals surface area contributed by atoms with Crippen LogP contribution in [0.15, 0.2) is 12.1 Å². The van der Waals surface area contributed by atoms with Crippen LogP contribution in [0.3, 0.4) is 0 Å². The zero-order chi connectivity index (χ0) is 18.4. The SMILES string of the molecule is Cc1ccc(C)c(OCC(=O)N2CCC(NC(=O)CC#N)CC2)c1C. The summed E-state index contributed by atoms with van der Waals surface area (Å²) in [6, 6.07) is 5.91. The number of likely N-dealkylation sites (tertiary alicyclic amines) is 1. The number of hydrogen-bond donors (Lipinski definition) is 1. The van der Waals surface area contributed by atoms with Crippen LogP contribution in [0.25, 0.3) is 0 Å². The number of amides is 2. The fraction of sp³-hybridized carbons (Fsp3) is 0.526. The molecule has 1 heterocycles. The Morgan fingerprint density at radius 3 is 2.52 bits per heavy atom. The number of nitriles is 1. The molecule has 1 fully saturated rings. The highest BCUT2D eigenvalue weighted by atomic mass is 16.5. The van der Waals surface area contributed by atoms with Crippen molar-refractivity contribution in [2.24, 2.45) is 0 Å². The molecule has 1 aliphatic rings. The molecule has 1 aliphatic heterocycles. The van der Waals surface area contributed by atoms with Crippen molar-refractivity contribution < 1.29 is 14.3 Å². The van der Waals surface area contributed by atoms with Crippen molar-refractivity contribution >= 4 is 11.8 Å². The normalized spacial score (nSPS) is 14.7. The van der Waals surface area contributed by atoms with Gasteiger partial charge in [0.25, 0.3) is 5.91 Å². The molecule has 1 saturated heterocycles. The highest BCUT2D eigenvalue weighted by Crippen LogP contribution is 2.25. The topological polar surface area (TPSA) is 82.4 Å². The second-order valence-electron chi connectivity index (χ2n) is 6.50. The van der Waals surface area contributed by atoms with Crippen molar-refractivity contribution in [2.45, 2.75) is 46.1 Å². The predicted octanol–water partition coefficient (Wildman–Crippen LogP) is 2.01. The Bertz CT molecular complexity index is 686. The van der Waals surface area contributed by atoms with Crippen molar-refractivity contribution in [2.75, 3.05) is 19.7 Å². The fourth-order valence-electron chi connectivity index (χ4n) is 3.00. The maximum absolute atomic E-state index is 12.4. The van der Waals surface area contributed by atoms with Gasteiger partial charge in [0.1, 0.15) is 12.2 Å². The molecule has 6 heteroatoms. The number of carbonyl (C=O) groups excluding carboxylic acids is 2. The first kappa shape index (κ1) is 18.8. The van der Waals surface area contributed by atoms with Gasteiger partial charge in [-0.25, -0.2) is 0 Å². The quantitative estimate of drug-likeness (QED) is 0.886. The van der Waals surface area contributed by atoms with Crippen LogP contribution in [0.4, 0.5) is 0 Å². The first-order valence-electron chi connectivity index (χ1n) is 8.56. The van der Waals surface area contributed by atoms with E-state index in [1.165, 1.54) is 0 Å². The Morgan fingerprint density at radius 1 is 1.24 bits per heavy atom. The number of ether oxygens (including phenoxy) is 1. The van der Waals surface area contributed by atoms with Crippen molar-refractivity contribution in [1.29, 1.82) is 5.26 Å². The van der Waals surface area contributed by atoms with Gasteiger partial charge in [0.15, 0.2) is 6.61 Å². The number of piperidine rings is 1. The minimum atomic E-state index is -0.249. The maximum atomic E-state index is 12.4. The lowest BCUT2D eigenvalue weighted by molar-refractivity contribution is -0.134. The summed E-state index contributed by atoms with van der Waals surface area (Å²) in [5.41, 5.74) is 3.23. The lowest BCUT2D eigenvalue weighted by Gasteiger charge is -2.32. The number of carbonyl (C=O) groups is 2. The minimum absolute atomic E-state index is 0.0244. The van der Waals surface area contributed by atoms with E-state index in [1.54, 1.807) is 4.90 Å². The van der Waals surface area contributed by atoms with Crippen LogP contribution in [0.2, 0.25) is 0 Å². The maximum Gasteiger partial charge on any atom is 0.260 e. The van der Waals surface area contributed by atoms with E-state index in [2.05, 4.69) is 5.32 Å². The Kier molecular flexibility index (Phi) is 6.40. The van der Waals surface area contributed by atoms with Gasteiger partial charge in [-0.2, -0.15) is 5.26 Å². The molecule has 2 rings (SSSR count). The van der Waals surface area contributed by atoms with Gasteiger partial charge >= 0.3 is 0 Å². The number of nitrogens with one attached hydrogen (secondary N) is 1. The number of nitrogens with zero attached hydrogens (tertiary/aromatic N) is 2. The van der Waals surface area contributed by atoms with E-state index in [-0.39, 0.29) is 30.9 Å². The van der Waals surface area contributed by atoms with E-state index in [0.717, 1.165) is 22.4 Å². The van der Waals surface area contributed by atoms with E-state index in [9.17, 15) is 9.59 Å². The first-order valence-corrected chi connectivity index (χ1v) is 8.56. The highest BCUT2D eigenvalue weighted by Gasteiger charge is 2.24. The van der Waals surface area contributed by atoms with Gasteiger partial charge in [-0.3, -0.25) is 9.59 Å². The third-order valence-corrected chi connectivity index (χ3v) is 4.67. The molecule has 0 radical (unpaired) electrons. The van der Waals surface area contributed by atoms with Crippen molar-refractivity contribution in [3.05, 3.63) is 28.8 Å². The van der Waals surface area contributed by atoms with Crippen LogP contribution in [0.5, 0.6) is 5.75 Å². The second kappa shape index (κ2) is 8.52. The predicted molar refractivity (Wildman–Crippen MR) is 94.1 cm³/mol. The third-order valence-electron chi connectivity index (χ3n) is 4.67. The molecule has 2 amide bonds. The van der Waals surface area contributed by atoms with Gasteiger partial charge in [0, 0.05) is 19.1 Å². The molecule has 0 aliphatic carbocycles. The van der Waals surface area contributed by atoms with Crippen molar-refractivity contribution in [3.8, 4) is 11.8 Å². The molecule has 0 aromatic heterocycles. The summed E-state index contributed by atoms with van der Waals surface area (Å²) in [5, 5.41) is 11.3. The number of rotatable bonds is 5. The fourth-order valence-corrected chi connectivity index (χ4v) is 3.00. The Labute approximate surface area is 148 Å². The Hall–Kier alpha value is -2.55. The van der Waals surface area contributed by atoms with Gasteiger partial charge in [0.2, 0.25) is 5.91 Å². The molecule has 0 spiro atoms. The van der Waals surface area contributed by atoms with E-state index >= 15 is 0 Å². The summed E-state index contributed by atoms with van der Waals surface area (Å²) in [6.45, 7) is 7.20. The van der Waals surface area contributed by atoms with Crippen LogP contribution in [-0.4, -0.2) is 42.5 Å². The number of benzene rings is 1. The minimum Gasteiger partial charge on any atom is -0.483 e. The standard InChI is InChI=1S/C19H25N3O3/c1-13-4-5-14(2)19(15(13)3)25-12-18(24)22-10-7-16(8-11-22)21-17(23)6-9-20/h4-5,16H,6-8,10-12H2,1-3H3,(H,21,23). The molecule has 0 bridgehead atoms. The lowest BCUT2D eigenvalue weighted by Crippen LogP contribution is -2.47. The molecule has 1 aromatic rings. The average Bonchev–Trinajstić information content (AvgIpc) is 2.59. The molecule has 1 aromatic carbocycles. The molecular weight excluding hydrogens is 318 g/mol. The Balaban J connectivity index is 1.83. The molecule has 6 nitrogen and oxygen atoms in total. The molecule has 134 valence electrons. The Morgan fingerprint density at radius 2 is 1.88 bits per heavy atom. The monoisotopic (exact) mass is 343 g/mol. The van der Waals surface area contributed by atoms with E-state index in [4.69, 9.17) is 10.00 Å². The van der Waals surface area contributed by atoms with Gasteiger partial charge in [0.05, 0.1) is 6.07 Å². The summed E-state index contributed by atoms with van der Waals surface area (Å²) in [4.78, 5) is 25.6. The smallest absolute Gasteiger partial charge is 0.260 e. The van der Waals surface area contributed by atoms with Gasteiger partial charge in [-0.05, 0) is 50.3 Å². The van der Waals surface area contributed by atoms with E-state index in [1.807, 2.05) is 39.0 Å². The molecule has 0 atom stereocenters. The summed E-state index contributed by atoms with van der Waals surface area (Å²) < 4.78 is 5.79. The molecule has 0 unspecified atom stereocenters. The summed E-state index contributed by atoms with van der Waals surface area (Å²) in [6.07, 6.45) is 1.28. The van der Waals surface area contributed by atoms with Gasteiger partial charge in [-0.15, -0.1) is 0 Å². The molecular formula is C19H25N3O3. The summed E-state index contributed by atoms with van der Waals surface area (Å²) in [5.74, 6) is 0.495. The summed E-state index contributed by atoms with van der Waals surface area (Å²) >= 11 is 0. The number of hydrogen-bond acceptors (Lipinski definition) is 4. The molecule has 1 N–H and O–H groups in total. The highest BCUT2D eigenvalue weighted by molar-refractivity contribution is 5.79. The zero-order valence-electron chi connectivity index (χ0n) is 15.1. The van der Waals surface area contributed by atoms with Crippen LogP contribution >= 0.6 is 0 Å². The lowest BCUT2D eigenvalue weighted by atomic mass is 10.0. The van der Waals surface area contributed by atoms with Crippen LogP contribution < -0.4 is 10.1 Å². The van der Waals surface area contributed by atoms with Crippen LogP contribution in [-0.2, 0) is 9.59 Å². The van der Waals surface area contributed by atoms with Crippen molar-refractivity contribution in [1.82, 2.24) is 10.2 Å². The third kappa shape index (κ3) is 4.96. The zero-order valence-corrected chi connectivity index (χ0v) is 15.1. The van der Waals surface area contributed by atoms with E-state index < -0.39 is 0 Å². The van der Waals surface area contributed by atoms with Crippen LogP contribution in [0, 0.1) is 32.1 Å². The molecule has 25 heavy (non-hydrogen) atoms. The second-order valence-corrected chi connectivity index (χ2v) is 6.50. The number of aryl methyl sites for hydroxylation is 2. The summed E-state index contributed by atoms with van der Waals surface area (Å²) in [7, 11) is 0. The first-order chi connectivity index (χ1) is 11.9. The van der Waals surface area contributed by atoms with Gasteiger partial charge in [-0.1, -0.05) is 12.1 Å².